The van der Waals surface area contributed by atoms with Crippen molar-refractivity contribution in [3.8, 4) is 0 Å². The number of aryl methyl sites for hydroxylation is 1. The smallest absolute Gasteiger partial charge is 0.384 e. The molecule has 2 amide bonds. The number of aromatic nitrogens is 1. The van der Waals surface area contributed by atoms with E-state index < -0.39 is 29.2 Å². The number of ether oxygens (including phenoxy) is 1. The fraction of sp³-hybridized carbons (Fsp3) is 0.536. The van der Waals surface area contributed by atoms with E-state index in [1.54, 1.807) is 6.20 Å². The minimum atomic E-state index is -4.56. The molecule has 39 heavy (non-hydrogen) atoms. The van der Waals surface area contributed by atoms with Crippen LogP contribution in [0.15, 0.2) is 42.6 Å². The summed E-state index contributed by atoms with van der Waals surface area (Å²) in [7, 11) is 0. The summed E-state index contributed by atoms with van der Waals surface area (Å²) < 4.78 is 44.7. The molecular weight excluding hydrogens is 513 g/mol. The number of hydrogen-bond acceptors (Lipinski definition) is 6. The molecule has 0 radical (unpaired) electrons. The molecule has 2 aromatic rings. The molecule has 1 saturated heterocycles. The lowest BCUT2D eigenvalue weighted by Crippen LogP contribution is -2.48. The zero-order valence-corrected chi connectivity index (χ0v) is 22.1. The van der Waals surface area contributed by atoms with Crippen LogP contribution in [0.25, 0.3) is 0 Å². The normalized spacial score (nSPS) is 25.8. The Morgan fingerprint density at radius 1 is 1.18 bits per heavy atom. The Kier molecular flexibility index (Phi) is 8.93. The molecule has 8 nitrogen and oxygen atoms in total. The lowest BCUT2D eigenvalue weighted by Gasteiger charge is -2.39. The van der Waals surface area contributed by atoms with Crippen molar-refractivity contribution in [2.45, 2.75) is 69.5 Å². The van der Waals surface area contributed by atoms with Crippen LogP contribution in [-0.2, 0) is 21.3 Å². The summed E-state index contributed by atoms with van der Waals surface area (Å²) in [4.78, 5) is 31.7. The Morgan fingerprint density at radius 3 is 2.56 bits per heavy atom. The van der Waals surface area contributed by atoms with Crippen molar-refractivity contribution in [3.05, 3.63) is 65.0 Å². The summed E-state index contributed by atoms with van der Waals surface area (Å²) in [5.41, 5.74) is -0.318. The monoisotopic (exact) mass is 548 g/mol. The van der Waals surface area contributed by atoms with Gasteiger partial charge in [0.15, 0.2) is 0 Å². The second-order valence-electron chi connectivity index (χ2n) is 10.4. The predicted molar refractivity (Wildman–Crippen MR) is 138 cm³/mol. The van der Waals surface area contributed by atoms with Gasteiger partial charge < -0.3 is 20.5 Å². The van der Waals surface area contributed by atoms with Crippen molar-refractivity contribution >= 4 is 11.8 Å². The number of halogens is 3. The van der Waals surface area contributed by atoms with Crippen LogP contribution in [0.5, 0.6) is 0 Å². The van der Waals surface area contributed by atoms with Crippen LogP contribution in [0.4, 0.5) is 13.2 Å². The lowest BCUT2D eigenvalue weighted by atomic mass is 9.79. The number of nitrogens with zero attached hydrogens (tertiary/aromatic N) is 2. The van der Waals surface area contributed by atoms with E-state index >= 15 is 0 Å². The Morgan fingerprint density at radius 2 is 1.92 bits per heavy atom. The molecule has 1 saturated carbocycles. The Bertz CT molecular complexity index is 1150. The Balaban J connectivity index is 1.30. The van der Waals surface area contributed by atoms with Crippen LogP contribution < -0.4 is 10.6 Å². The van der Waals surface area contributed by atoms with Gasteiger partial charge in [-0.1, -0.05) is 12.1 Å². The first-order valence-corrected chi connectivity index (χ1v) is 13.2. The van der Waals surface area contributed by atoms with E-state index in [0.29, 0.717) is 38.2 Å². The minimum Gasteiger partial charge on any atom is -0.384 e. The van der Waals surface area contributed by atoms with Gasteiger partial charge in [-0.15, -0.1) is 0 Å². The third-order valence-electron chi connectivity index (χ3n) is 7.57. The number of amides is 2. The van der Waals surface area contributed by atoms with Crippen molar-refractivity contribution in [1.82, 2.24) is 20.5 Å². The molecular formula is C28H35F3N4O4. The van der Waals surface area contributed by atoms with E-state index in [9.17, 15) is 27.9 Å². The number of hydrogen-bond donors (Lipinski definition) is 3. The predicted octanol–water partition coefficient (Wildman–Crippen LogP) is 3.17. The highest BCUT2D eigenvalue weighted by Gasteiger charge is 2.42. The molecule has 1 aromatic carbocycles. The molecule has 1 aromatic heterocycles. The van der Waals surface area contributed by atoms with Crippen LogP contribution in [0.3, 0.4) is 0 Å². The molecule has 0 bridgehead atoms. The zero-order chi connectivity index (χ0) is 28.2. The van der Waals surface area contributed by atoms with Crippen LogP contribution in [0.2, 0.25) is 0 Å². The standard InChI is InChI=1S/C28H35F3N4O4/c1-3-39-23-17-35(21-9-11-27(38,12-10-21)24-8-7-18(2)14-32-24)16-22(23)34-25(36)15-33-26(37)19-5-4-6-20(13-19)28(29,30)31/h4-8,13-14,21-23,38H,3,9-12,15-17H2,1-2H3,(H,33,37)(H,34,36)/t21?,22-,23-,27?/m0/s1. The molecule has 212 valence electrons. The van der Waals surface area contributed by atoms with Crippen molar-refractivity contribution in [2.75, 3.05) is 26.2 Å². The van der Waals surface area contributed by atoms with Gasteiger partial charge in [-0.25, -0.2) is 0 Å². The summed E-state index contributed by atoms with van der Waals surface area (Å²) in [5, 5.41) is 16.5. The van der Waals surface area contributed by atoms with Gasteiger partial charge in [0.05, 0.1) is 29.9 Å². The van der Waals surface area contributed by atoms with Crippen LogP contribution in [0, 0.1) is 6.92 Å². The molecule has 2 heterocycles. The third-order valence-corrected chi connectivity index (χ3v) is 7.57. The molecule has 0 unspecified atom stereocenters. The first kappa shape index (κ1) is 29.0. The first-order chi connectivity index (χ1) is 18.5. The maximum Gasteiger partial charge on any atom is 0.416 e. The Labute approximate surface area is 225 Å². The lowest BCUT2D eigenvalue weighted by molar-refractivity contribution is -0.137. The number of aliphatic hydroxyl groups is 1. The number of pyridine rings is 1. The SMILES string of the molecule is CCO[C@H]1CN(C2CCC(O)(c3ccc(C)cn3)CC2)C[C@@H]1NC(=O)CNC(=O)c1cccc(C(F)(F)F)c1. The summed E-state index contributed by atoms with van der Waals surface area (Å²) in [5.74, 6) is -1.21. The van der Waals surface area contributed by atoms with Crippen LogP contribution in [0.1, 0.15) is 59.8 Å². The van der Waals surface area contributed by atoms with Gasteiger partial charge in [-0.2, -0.15) is 13.2 Å². The average molecular weight is 549 g/mol. The van der Waals surface area contributed by atoms with Gasteiger partial charge >= 0.3 is 6.18 Å². The first-order valence-electron chi connectivity index (χ1n) is 13.2. The fourth-order valence-corrected chi connectivity index (χ4v) is 5.42. The van der Waals surface area contributed by atoms with Crippen molar-refractivity contribution < 1.29 is 32.6 Å². The molecule has 2 atom stereocenters. The second kappa shape index (κ2) is 12.0. The Hall–Kier alpha value is -3.02. The molecule has 1 aliphatic carbocycles. The number of likely N-dealkylation sites (tertiary alicyclic amines) is 1. The van der Waals surface area contributed by atoms with Gasteiger partial charge in [0.1, 0.15) is 5.60 Å². The quantitative estimate of drug-likeness (QED) is 0.468. The molecule has 0 spiro atoms. The minimum absolute atomic E-state index is 0.171. The number of benzene rings is 1. The van der Waals surface area contributed by atoms with Crippen molar-refractivity contribution in [1.29, 1.82) is 0 Å². The molecule has 11 heteroatoms. The van der Waals surface area contributed by atoms with Crippen LogP contribution in [-0.4, -0.2) is 71.2 Å². The van der Waals surface area contributed by atoms with Crippen molar-refractivity contribution in [2.24, 2.45) is 0 Å². The molecule has 2 fully saturated rings. The summed E-state index contributed by atoms with van der Waals surface area (Å²) in [6.45, 7) is 5.13. The number of carbonyl (C=O) groups is 2. The number of nitrogens with one attached hydrogen (secondary N) is 2. The third kappa shape index (κ3) is 7.14. The highest BCUT2D eigenvalue weighted by molar-refractivity contribution is 5.96. The van der Waals surface area contributed by atoms with Gasteiger partial charge in [0, 0.05) is 37.5 Å². The highest BCUT2D eigenvalue weighted by Crippen LogP contribution is 2.38. The van der Waals surface area contributed by atoms with Gasteiger partial charge in [-0.05, 0) is 69.4 Å². The van der Waals surface area contributed by atoms with Crippen LogP contribution >= 0.6 is 0 Å². The fourth-order valence-electron chi connectivity index (χ4n) is 5.42. The van der Waals surface area contributed by atoms with E-state index in [2.05, 4.69) is 20.5 Å². The topological polar surface area (TPSA) is 104 Å². The van der Waals surface area contributed by atoms with E-state index in [0.717, 1.165) is 36.6 Å². The summed E-state index contributed by atoms with van der Waals surface area (Å²) >= 11 is 0. The van der Waals surface area contributed by atoms with Gasteiger partial charge in [0.2, 0.25) is 5.91 Å². The number of carbonyl (C=O) groups excluding carboxylic acids is 2. The van der Waals surface area contributed by atoms with E-state index in [-0.39, 0.29) is 30.3 Å². The molecule has 4 rings (SSSR count). The molecule has 3 N–H and O–H groups in total. The van der Waals surface area contributed by atoms with Gasteiger partial charge in [0.25, 0.3) is 5.91 Å². The van der Waals surface area contributed by atoms with E-state index in [1.165, 1.54) is 6.07 Å². The van der Waals surface area contributed by atoms with E-state index in [4.69, 9.17) is 4.74 Å². The van der Waals surface area contributed by atoms with Gasteiger partial charge in [-0.3, -0.25) is 19.5 Å². The largest absolute Gasteiger partial charge is 0.416 e. The van der Waals surface area contributed by atoms with Crippen molar-refractivity contribution in [3.63, 3.8) is 0 Å². The average Bonchev–Trinajstić information content (AvgIpc) is 3.29. The maximum absolute atomic E-state index is 12.9. The zero-order valence-electron chi connectivity index (χ0n) is 22.1. The molecule has 1 aliphatic heterocycles. The van der Waals surface area contributed by atoms with E-state index in [1.807, 2.05) is 26.0 Å². The number of alkyl halides is 3. The number of rotatable bonds is 8. The summed E-state index contributed by atoms with van der Waals surface area (Å²) in [6, 6.07) is 7.82. The highest BCUT2D eigenvalue weighted by atomic mass is 19.4. The summed E-state index contributed by atoms with van der Waals surface area (Å²) in [6.07, 6.45) is -0.313. The molecule has 2 aliphatic rings. The maximum atomic E-state index is 12.9. The second-order valence-corrected chi connectivity index (χ2v) is 10.4.